The van der Waals surface area contributed by atoms with Crippen molar-refractivity contribution in [1.29, 1.82) is 0 Å². The van der Waals surface area contributed by atoms with Gasteiger partial charge in [-0.2, -0.15) is 0 Å². The summed E-state index contributed by atoms with van der Waals surface area (Å²) < 4.78 is 67.0. The molecule has 0 unspecified atom stereocenters. The predicted molar refractivity (Wildman–Crippen MR) is 105 cm³/mol. The Balaban J connectivity index is 1.36. The summed E-state index contributed by atoms with van der Waals surface area (Å²) in [5, 5.41) is 2.55. The minimum atomic E-state index is -4.80. The van der Waals surface area contributed by atoms with E-state index in [4.69, 9.17) is 0 Å². The molecule has 11 heteroatoms. The van der Waals surface area contributed by atoms with Gasteiger partial charge in [0.05, 0.1) is 5.25 Å². The van der Waals surface area contributed by atoms with Crippen LogP contribution in [0.1, 0.15) is 36.0 Å². The summed E-state index contributed by atoms with van der Waals surface area (Å²) in [6, 6.07) is 4.98. The van der Waals surface area contributed by atoms with Crippen LogP contribution in [0.25, 0.3) is 0 Å². The molecule has 0 spiro atoms. The lowest BCUT2D eigenvalue weighted by molar-refractivity contribution is -0.274. The third kappa shape index (κ3) is 7.13. The summed E-state index contributed by atoms with van der Waals surface area (Å²) in [4.78, 5) is 14.4. The second kappa shape index (κ2) is 9.52. The van der Waals surface area contributed by atoms with Crippen LogP contribution in [0.3, 0.4) is 0 Å². The highest BCUT2D eigenvalue weighted by Crippen LogP contribution is 2.27. The van der Waals surface area contributed by atoms with Gasteiger partial charge in [-0.1, -0.05) is 6.07 Å². The summed E-state index contributed by atoms with van der Waals surface area (Å²) >= 11 is 0. The van der Waals surface area contributed by atoms with E-state index in [0.717, 1.165) is 50.9 Å². The van der Waals surface area contributed by atoms with Gasteiger partial charge in [0.15, 0.2) is 0 Å². The van der Waals surface area contributed by atoms with Gasteiger partial charge in [0.2, 0.25) is 10.0 Å². The lowest BCUT2D eigenvalue weighted by Crippen LogP contribution is -2.42. The molecule has 168 valence electrons. The van der Waals surface area contributed by atoms with Gasteiger partial charge in [-0.05, 0) is 62.9 Å². The van der Waals surface area contributed by atoms with Crippen LogP contribution in [0.2, 0.25) is 0 Å². The second-order valence-electron chi connectivity index (χ2n) is 7.71. The summed E-state index contributed by atoms with van der Waals surface area (Å²) in [6.07, 6.45) is -1.61. The van der Waals surface area contributed by atoms with Crippen molar-refractivity contribution in [2.24, 2.45) is 5.92 Å². The second-order valence-corrected chi connectivity index (χ2v) is 9.75. The van der Waals surface area contributed by atoms with Gasteiger partial charge in [-0.15, -0.1) is 13.2 Å². The number of rotatable bonds is 9. The first-order valence-corrected chi connectivity index (χ1v) is 11.5. The van der Waals surface area contributed by atoms with Crippen molar-refractivity contribution in [3.8, 4) is 5.75 Å². The van der Waals surface area contributed by atoms with E-state index in [1.807, 2.05) is 0 Å². The van der Waals surface area contributed by atoms with Gasteiger partial charge < -0.3 is 15.0 Å². The Morgan fingerprint density at radius 3 is 2.50 bits per heavy atom. The van der Waals surface area contributed by atoms with E-state index >= 15 is 0 Å². The van der Waals surface area contributed by atoms with E-state index in [2.05, 4.69) is 19.7 Å². The molecule has 1 amide bonds. The van der Waals surface area contributed by atoms with Crippen LogP contribution in [-0.2, 0) is 10.0 Å². The molecular formula is C19H26F3N3O4S. The molecule has 0 radical (unpaired) electrons. The van der Waals surface area contributed by atoms with Crippen molar-refractivity contribution in [2.75, 3.05) is 32.7 Å². The molecule has 1 saturated heterocycles. The Kier molecular flexibility index (Phi) is 7.25. The Morgan fingerprint density at radius 1 is 1.17 bits per heavy atom. The molecule has 1 aliphatic heterocycles. The average molecular weight is 449 g/mol. The molecule has 2 aliphatic rings. The number of likely N-dealkylation sites (tertiary alicyclic amines) is 1. The van der Waals surface area contributed by atoms with Crippen LogP contribution < -0.4 is 14.8 Å². The maximum Gasteiger partial charge on any atom is 0.573 e. The fourth-order valence-electron chi connectivity index (χ4n) is 3.43. The third-order valence-electron chi connectivity index (χ3n) is 5.28. The van der Waals surface area contributed by atoms with Gasteiger partial charge in [0, 0.05) is 25.2 Å². The standard InChI is InChI=1S/C19H26F3N3O4S/c20-19(21,22)29-16-3-1-2-15(12-16)18(26)23-13-14-6-9-25(10-7-14)11-8-24-30(27,28)17-4-5-17/h1-3,12,14,17,24H,4-11,13H2,(H,23,26). The quantitative estimate of drug-likeness (QED) is 0.603. The van der Waals surface area contributed by atoms with Crippen LogP contribution >= 0.6 is 0 Å². The zero-order valence-corrected chi connectivity index (χ0v) is 17.3. The molecule has 2 fully saturated rings. The molecule has 30 heavy (non-hydrogen) atoms. The van der Waals surface area contributed by atoms with E-state index in [9.17, 15) is 26.4 Å². The number of piperidine rings is 1. The fourth-order valence-corrected chi connectivity index (χ4v) is 4.80. The third-order valence-corrected chi connectivity index (χ3v) is 7.24. The number of sulfonamides is 1. The normalized spacial score (nSPS) is 18.9. The zero-order chi connectivity index (χ0) is 21.8. The molecule has 0 bridgehead atoms. The first kappa shape index (κ1) is 22.8. The van der Waals surface area contributed by atoms with Crippen LogP contribution in [-0.4, -0.2) is 63.6 Å². The molecule has 0 atom stereocenters. The van der Waals surface area contributed by atoms with Gasteiger partial charge in [0.1, 0.15) is 5.75 Å². The Labute approximate surface area is 174 Å². The maximum absolute atomic E-state index is 12.3. The smallest absolute Gasteiger partial charge is 0.406 e. The molecule has 7 nitrogen and oxygen atoms in total. The van der Waals surface area contributed by atoms with Gasteiger partial charge >= 0.3 is 6.36 Å². The number of nitrogens with zero attached hydrogens (tertiary/aromatic N) is 1. The summed E-state index contributed by atoms with van der Waals surface area (Å²) in [6.45, 7) is 3.10. The zero-order valence-electron chi connectivity index (χ0n) is 16.5. The molecule has 3 rings (SSSR count). The molecule has 2 N–H and O–H groups in total. The Hall–Kier alpha value is -1.85. The van der Waals surface area contributed by atoms with E-state index in [-0.39, 0.29) is 16.7 Å². The summed E-state index contributed by atoms with van der Waals surface area (Å²) in [5.74, 6) is -0.608. The van der Waals surface area contributed by atoms with E-state index in [1.165, 1.54) is 12.1 Å². The van der Waals surface area contributed by atoms with E-state index < -0.39 is 28.0 Å². The van der Waals surface area contributed by atoms with Crippen LogP contribution in [0.5, 0.6) is 5.75 Å². The van der Waals surface area contributed by atoms with Crippen molar-refractivity contribution in [2.45, 2.75) is 37.3 Å². The topological polar surface area (TPSA) is 87.7 Å². The minimum Gasteiger partial charge on any atom is -0.406 e. The fraction of sp³-hybridized carbons (Fsp3) is 0.632. The predicted octanol–water partition coefficient (Wildman–Crippen LogP) is 2.11. The molecule has 1 aliphatic carbocycles. The lowest BCUT2D eigenvalue weighted by Gasteiger charge is -2.32. The first-order chi connectivity index (χ1) is 14.1. The van der Waals surface area contributed by atoms with Crippen molar-refractivity contribution in [3.05, 3.63) is 29.8 Å². The number of nitrogens with one attached hydrogen (secondary N) is 2. The number of carbonyl (C=O) groups excluding carboxylic acids is 1. The lowest BCUT2D eigenvalue weighted by atomic mass is 9.96. The number of amides is 1. The van der Waals surface area contributed by atoms with Crippen molar-refractivity contribution in [1.82, 2.24) is 14.9 Å². The average Bonchev–Trinajstić information content (AvgIpc) is 3.52. The molecule has 1 saturated carbocycles. The molecule has 1 heterocycles. The number of alkyl halides is 3. The van der Waals surface area contributed by atoms with E-state index in [0.29, 0.717) is 19.6 Å². The molecule has 1 aromatic carbocycles. The SMILES string of the molecule is O=C(NCC1CCN(CCNS(=O)(=O)C2CC2)CC1)c1cccc(OC(F)(F)F)c1. The van der Waals surface area contributed by atoms with Crippen LogP contribution in [0, 0.1) is 5.92 Å². The number of carbonyl (C=O) groups is 1. The van der Waals surface area contributed by atoms with Gasteiger partial charge in [0.25, 0.3) is 5.91 Å². The Morgan fingerprint density at radius 2 is 1.87 bits per heavy atom. The molecular weight excluding hydrogens is 423 g/mol. The highest BCUT2D eigenvalue weighted by Gasteiger charge is 2.35. The highest BCUT2D eigenvalue weighted by molar-refractivity contribution is 7.90. The Bertz CT molecular complexity index is 836. The molecule has 0 aromatic heterocycles. The number of ether oxygens (including phenoxy) is 1. The number of hydrogen-bond acceptors (Lipinski definition) is 5. The van der Waals surface area contributed by atoms with E-state index in [1.54, 1.807) is 0 Å². The minimum absolute atomic E-state index is 0.108. The summed E-state index contributed by atoms with van der Waals surface area (Å²) in [5.41, 5.74) is 0.108. The van der Waals surface area contributed by atoms with Gasteiger partial charge in [-0.3, -0.25) is 4.79 Å². The number of halogens is 3. The molecule has 1 aromatic rings. The maximum atomic E-state index is 12.3. The van der Waals surface area contributed by atoms with Crippen LogP contribution in [0.4, 0.5) is 13.2 Å². The monoisotopic (exact) mass is 449 g/mol. The first-order valence-electron chi connectivity index (χ1n) is 9.97. The van der Waals surface area contributed by atoms with Crippen molar-refractivity contribution >= 4 is 15.9 Å². The summed E-state index contributed by atoms with van der Waals surface area (Å²) in [7, 11) is -3.15. The highest BCUT2D eigenvalue weighted by atomic mass is 32.2. The number of benzene rings is 1. The van der Waals surface area contributed by atoms with Crippen molar-refractivity contribution < 1.29 is 31.1 Å². The number of hydrogen-bond donors (Lipinski definition) is 2. The largest absolute Gasteiger partial charge is 0.573 e. The van der Waals surface area contributed by atoms with Crippen molar-refractivity contribution in [3.63, 3.8) is 0 Å². The van der Waals surface area contributed by atoms with Crippen LogP contribution in [0.15, 0.2) is 24.3 Å². The van der Waals surface area contributed by atoms with Gasteiger partial charge in [-0.25, -0.2) is 13.1 Å².